The van der Waals surface area contributed by atoms with Crippen molar-refractivity contribution in [3.8, 4) is 0 Å². The summed E-state index contributed by atoms with van der Waals surface area (Å²) in [5.41, 5.74) is 1.64. The van der Waals surface area contributed by atoms with E-state index >= 15 is 0 Å². The zero-order valence-corrected chi connectivity index (χ0v) is 15.7. The Labute approximate surface area is 162 Å². The first-order valence-electron chi connectivity index (χ1n) is 8.66. The van der Waals surface area contributed by atoms with Crippen LogP contribution in [0.1, 0.15) is 23.2 Å². The minimum absolute atomic E-state index is 0.0621. The maximum Gasteiger partial charge on any atom is 0.254 e. The number of nitrogens with zero attached hydrogens (tertiary/aromatic N) is 2. The molecular formula is C20H20ClN3O3. The van der Waals surface area contributed by atoms with Gasteiger partial charge in [-0.15, -0.1) is 0 Å². The van der Waals surface area contributed by atoms with Crippen LogP contribution in [0.15, 0.2) is 48.5 Å². The number of hydrogen-bond acceptors (Lipinski definition) is 3. The molecule has 1 fully saturated rings. The molecule has 3 rings (SSSR count). The SMILES string of the molecule is CN(CC(=O)Nc1ccccc1Cl)C(=O)c1cccc(N2CCCC2=O)c1. The lowest BCUT2D eigenvalue weighted by Gasteiger charge is -2.19. The maximum atomic E-state index is 12.7. The molecule has 2 aromatic rings. The summed E-state index contributed by atoms with van der Waals surface area (Å²) in [6.45, 7) is 0.545. The number of nitrogens with one attached hydrogen (secondary N) is 1. The molecule has 0 aromatic heterocycles. The second-order valence-electron chi connectivity index (χ2n) is 6.39. The van der Waals surface area contributed by atoms with Crippen LogP contribution in [0.25, 0.3) is 0 Å². The largest absolute Gasteiger partial charge is 0.332 e. The molecule has 1 N–H and O–H groups in total. The highest BCUT2D eigenvalue weighted by Gasteiger charge is 2.23. The molecule has 27 heavy (non-hydrogen) atoms. The molecule has 1 saturated heterocycles. The number of carbonyl (C=O) groups is 3. The molecule has 2 aromatic carbocycles. The topological polar surface area (TPSA) is 69.7 Å². The Kier molecular flexibility index (Phi) is 5.76. The third-order valence-electron chi connectivity index (χ3n) is 4.35. The van der Waals surface area contributed by atoms with Crippen LogP contribution in [-0.2, 0) is 9.59 Å². The molecule has 1 heterocycles. The van der Waals surface area contributed by atoms with Crippen molar-refractivity contribution in [2.24, 2.45) is 0 Å². The Morgan fingerprint density at radius 1 is 1.19 bits per heavy atom. The number of likely N-dealkylation sites (N-methyl/N-ethyl adjacent to an activating group) is 1. The number of carbonyl (C=O) groups excluding carboxylic acids is 3. The second-order valence-corrected chi connectivity index (χ2v) is 6.80. The van der Waals surface area contributed by atoms with E-state index in [9.17, 15) is 14.4 Å². The van der Waals surface area contributed by atoms with Crippen molar-refractivity contribution in [3.05, 3.63) is 59.1 Å². The van der Waals surface area contributed by atoms with E-state index in [2.05, 4.69) is 5.32 Å². The van der Waals surface area contributed by atoms with Gasteiger partial charge in [-0.25, -0.2) is 0 Å². The van der Waals surface area contributed by atoms with Gasteiger partial charge in [0.15, 0.2) is 0 Å². The molecule has 0 bridgehead atoms. The van der Waals surface area contributed by atoms with Crippen molar-refractivity contribution >= 4 is 40.7 Å². The molecule has 7 heteroatoms. The molecule has 1 aliphatic rings. The summed E-state index contributed by atoms with van der Waals surface area (Å²) in [4.78, 5) is 39.8. The van der Waals surface area contributed by atoms with E-state index < -0.39 is 0 Å². The third kappa shape index (κ3) is 4.46. The van der Waals surface area contributed by atoms with Gasteiger partial charge in [0.05, 0.1) is 17.3 Å². The summed E-state index contributed by atoms with van der Waals surface area (Å²) in [6, 6.07) is 13.8. The summed E-state index contributed by atoms with van der Waals surface area (Å²) in [7, 11) is 1.56. The van der Waals surface area contributed by atoms with Gasteiger partial charge >= 0.3 is 0 Å². The van der Waals surface area contributed by atoms with Gasteiger partial charge in [-0.2, -0.15) is 0 Å². The summed E-state index contributed by atoms with van der Waals surface area (Å²) < 4.78 is 0. The average molecular weight is 386 g/mol. The molecule has 0 radical (unpaired) electrons. The summed E-state index contributed by atoms with van der Waals surface area (Å²) in [5.74, 6) is -0.574. The number of para-hydroxylation sites is 1. The van der Waals surface area contributed by atoms with E-state index in [0.29, 0.717) is 34.9 Å². The van der Waals surface area contributed by atoms with Crippen LogP contribution in [0.5, 0.6) is 0 Å². The molecule has 0 atom stereocenters. The van der Waals surface area contributed by atoms with Crippen molar-refractivity contribution in [2.45, 2.75) is 12.8 Å². The zero-order valence-electron chi connectivity index (χ0n) is 14.9. The number of benzene rings is 2. The summed E-state index contributed by atoms with van der Waals surface area (Å²) in [6.07, 6.45) is 1.35. The average Bonchev–Trinajstić information content (AvgIpc) is 3.09. The molecule has 6 nitrogen and oxygen atoms in total. The van der Waals surface area contributed by atoms with Crippen molar-refractivity contribution in [1.29, 1.82) is 0 Å². The fraction of sp³-hybridized carbons (Fsp3) is 0.250. The molecular weight excluding hydrogens is 366 g/mol. The van der Waals surface area contributed by atoms with Crippen molar-refractivity contribution < 1.29 is 14.4 Å². The first kappa shape index (κ1) is 18.9. The normalized spacial score (nSPS) is 13.6. The number of hydrogen-bond donors (Lipinski definition) is 1. The fourth-order valence-corrected chi connectivity index (χ4v) is 3.17. The van der Waals surface area contributed by atoms with Crippen molar-refractivity contribution in [2.75, 3.05) is 30.4 Å². The van der Waals surface area contributed by atoms with Crippen molar-refractivity contribution in [1.82, 2.24) is 4.90 Å². The van der Waals surface area contributed by atoms with Crippen LogP contribution in [-0.4, -0.2) is 42.8 Å². The van der Waals surface area contributed by atoms with Crippen LogP contribution in [0.2, 0.25) is 5.02 Å². The number of anilines is 2. The lowest BCUT2D eigenvalue weighted by atomic mass is 10.1. The summed E-state index contributed by atoms with van der Waals surface area (Å²) >= 11 is 6.03. The Morgan fingerprint density at radius 2 is 1.96 bits per heavy atom. The van der Waals surface area contributed by atoms with E-state index in [0.717, 1.165) is 6.42 Å². The van der Waals surface area contributed by atoms with Gasteiger partial charge in [0.1, 0.15) is 0 Å². The van der Waals surface area contributed by atoms with Gasteiger partial charge in [-0.3, -0.25) is 14.4 Å². The first-order chi connectivity index (χ1) is 13.0. The number of halogens is 1. The van der Waals surface area contributed by atoms with Gasteiger partial charge in [-0.05, 0) is 36.8 Å². The highest BCUT2D eigenvalue weighted by molar-refractivity contribution is 6.33. The Hall–Kier alpha value is -2.86. The quantitative estimate of drug-likeness (QED) is 0.859. The smallest absolute Gasteiger partial charge is 0.254 e. The van der Waals surface area contributed by atoms with E-state index in [1.165, 1.54) is 4.90 Å². The molecule has 1 aliphatic heterocycles. The van der Waals surface area contributed by atoms with Gasteiger partial charge < -0.3 is 15.1 Å². The molecule has 0 spiro atoms. The van der Waals surface area contributed by atoms with Crippen LogP contribution >= 0.6 is 11.6 Å². The highest BCUT2D eigenvalue weighted by Crippen LogP contribution is 2.23. The van der Waals surface area contributed by atoms with E-state index in [4.69, 9.17) is 11.6 Å². The van der Waals surface area contributed by atoms with E-state index in [1.807, 2.05) is 6.07 Å². The molecule has 0 saturated carbocycles. The first-order valence-corrected chi connectivity index (χ1v) is 9.04. The molecule has 0 aliphatic carbocycles. The Morgan fingerprint density at radius 3 is 2.67 bits per heavy atom. The lowest BCUT2D eigenvalue weighted by Crippen LogP contribution is -2.35. The van der Waals surface area contributed by atoms with Gasteiger partial charge in [-0.1, -0.05) is 29.8 Å². The van der Waals surface area contributed by atoms with Crippen LogP contribution in [0.3, 0.4) is 0 Å². The highest BCUT2D eigenvalue weighted by atomic mass is 35.5. The molecule has 140 valence electrons. The Bertz CT molecular complexity index is 884. The third-order valence-corrected chi connectivity index (χ3v) is 4.68. The Balaban J connectivity index is 1.66. The second kappa shape index (κ2) is 8.22. The van der Waals surface area contributed by atoms with E-state index in [1.54, 1.807) is 54.4 Å². The molecule has 0 unspecified atom stereocenters. The van der Waals surface area contributed by atoms with Crippen LogP contribution < -0.4 is 10.2 Å². The fourth-order valence-electron chi connectivity index (χ4n) is 2.99. The minimum atomic E-state index is -0.343. The van der Waals surface area contributed by atoms with Gasteiger partial charge in [0.2, 0.25) is 11.8 Å². The van der Waals surface area contributed by atoms with Crippen LogP contribution in [0.4, 0.5) is 11.4 Å². The predicted octanol–water partition coefficient (Wildman–Crippen LogP) is 3.18. The maximum absolute atomic E-state index is 12.7. The number of amides is 3. The number of rotatable bonds is 5. The summed E-state index contributed by atoms with van der Waals surface area (Å²) in [5, 5.41) is 3.12. The molecule has 3 amide bonds. The van der Waals surface area contributed by atoms with Crippen LogP contribution in [0, 0.1) is 0 Å². The standard InChI is InChI=1S/C20H20ClN3O3/c1-23(13-18(25)22-17-9-3-2-8-16(17)21)20(27)14-6-4-7-15(12-14)24-11-5-10-19(24)26/h2-4,6-9,12H,5,10-11,13H2,1H3,(H,22,25). The lowest BCUT2D eigenvalue weighted by molar-refractivity contribution is -0.117. The zero-order chi connectivity index (χ0) is 19.4. The van der Waals surface area contributed by atoms with Gasteiger partial charge in [0.25, 0.3) is 5.91 Å². The monoisotopic (exact) mass is 385 g/mol. The minimum Gasteiger partial charge on any atom is -0.332 e. The van der Waals surface area contributed by atoms with Crippen molar-refractivity contribution in [3.63, 3.8) is 0 Å². The predicted molar refractivity (Wildman–Crippen MR) is 105 cm³/mol. The van der Waals surface area contributed by atoms with E-state index in [-0.39, 0.29) is 24.3 Å². The van der Waals surface area contributed by atoms with Gasteiger partial charge in [0, 0.05) is 31.3 Å².